The van der Waals surface area contributed by atoms with Gasteiger partial charge in [0.15, 0.2) is 5.58 Å². The molecule has 182 valence electrons. The van der Waals surface area contributed by atoms with Gasteiger partial charge in [0.05, 0.1) is 17.7 Å². The van der Waals surface area contributed by atoms with Gasteiger partial charge in [-0.15, -0.1) is 0 Å². The van der Waals surface area contributed by atoms with E-state index in [2.05, 4.69) is 16.2 Å². The van der Waals surface area contributed by atoms with E-state index in [-0.39, 0.29) is 53.4 Å². The summed E-state index contributed by atoms with van der Waals surface area (Å²) < 4.78 is 31.2. The maximum absolute atomic E-state index is 14.9. The normalized spacial score (nSPS) is 11.7. The summed E-state index contributed by atoms with van der Waals surface area (Å²) in [4.78, 5) is 30.3. The van der Waals surface area contributed by atoms with Crippen LogP contribution in [0.3, 0.4) is 0 Å². The number of carbonyl (C=O) groups is 2. The number of ether oxygens (including phenoxy) is 2. The number of furan rings is 1. The third kappa shape index (κ3) is 5.25. The minimum atomic E-state index is -0.785. The number of halogens is 1. The van der Waals surface area contributed by atoms with E-state index in [0.29, 0.717) is 5.39 Å². The fourth-order valence-corrected chi connectivity index (χ4v) is 3.98. The standard InChI is InChI=1S/C26H23FN2O5S.H2/c1-4-32-25(30)19-14-28-13-18-22(29-21-11-10-17(35(2)3)12-20(21)27)24(34-23(18)19)26(31)33-15-16-8-6-5-7-9-16;/h5-14,29H,2,4,15H2,1,3H3;1H. The number of rotatable bonds is 8. The third-order valence-electron chi connectivity index (χ3n) is 5.09. The summed E-state index contributed by atoms with van der Waals surface area (Å²) in [5, 5.41) is 3.23. The number of nitrogens with zero attached hydrogens (tertiary/aromatic N) is 1. The van der Waals surface area contributed by atoms with Crippen molar-refractivity contribution in [2.24, 2.45) is 0 Å². The van der Waals surface area contributed by atoms with Gasteiger partial charge in [-0.2, -0.15) is 10.5 Å². The molecule has 2 aromatic heterocycles. The second-order valence-electron chi connectivity index (χ2n) is 7.56. The zero-order valence-electron chi connectivity index (χ0n) is 19.2. The lowest BCUT2D eigenvalue weighted by atomic mass is 10.2. The van der Waals surface area contributed by atoms with Crippen LogP contribution in [0, 0.1) is 5.82 Å². The SMILES string of the molecule is C=S(C)c1ccc(Nc2c(C(=O)OCc3ccccc3)oc3c(C(=O)OCC)cncc23)c(F)c1.[HH]. The van der Waals surface area contributed by atoms with Crippen LogP contribution >= 0.6 is 10.5 Å². The Balaban J connectivity index is 0.00000361. The molecule has 1 unspecified atom stereocenters. The molecule has 1 atom stereocenters. The van der Waals surface area contributed by atoms with Gasteiger partial charge in [-0.1, -0.05) is 36.2 Å². The predicted molar refractivity (Wildman–Crippen MR) is 136 cm³/mol. The molecule has 0 amide bonds. The molecule has 2 aromatic carbocycles. The highest BCUT2D eigenvalue weighted by atomic mass is 32.2. The van der Waals surface area contributed by atoms with Crippen LogP contribution in [0.4, 0.5) is 15.8 Å². The molecule has 0 aliphatic carbocycles. The van der Waals surface area contributed by atoms with E-state index in [1.165, 1.54) is 18.5 Å². The van der Waals surface area contributed by atoms with Crippen molar-refractivity contribution in [3.05, 3.63) is 83.6 Å². The van der Waals surface area contributed by atoms with Crippen LogP contribution in [0.5, 0.6) is 0 Å². The number of esters is 2. The first-order chi connectivity index (χ1) is 16.9. The largest absolute Gasteiger partial charge is 0.462 e. The van der Waals surface area contributed by atoms with Crippen molar-refractivity contribution in [2.75, 3.05) is 18.2 Å². The van der Waals surface area contributed by atoms with Crippen molar-refractivity contribution in [3.63, 3.8) is 0 Å². The number of anilines is 2. The van der Waals surface area contributed by atoms with Crippen LogP contribution in [-0.4, -0.2) is 35.7 Å². The minimum absolute atomic E-state index is 0. The lowest BCUT2D eigenvalue weighted by molar-refractivity contribution is 0.0437. The summed E-state index contributed by atoms with van der Waals surface area (Å²) in [6, 6.07) is 13.8. The van der Waals surface area contributed by atoms with Crippen molar-refractivity contribution < 1.29 is 29.3 Å². The lowest BCUT2D eigenvalue weighted by Crippen LogP contribution is -2.07. The molecule has 35 heavy (non-hydrogen) atoms. The fourth-order valence-electron chi connectivity index (χ4n) is 3.37. The molecule has 0 saturated carbocycles. The molecule has 0 aliphatic rings. The summed E-state index contributed by atoms with van der Waals surface area (Å²) in [6.45, 7) is 1.83. The molecular formula is C26H25FN2O5S. The number of benzene rings is 2. The van der Waals surface area contributed by atoms with E-state index in [4.69, 9.17) is 13.9 Å². The molecule has 4 aromatic rings. The smallest absolute Gasteiger partial charge is 0.376 e. The molecule has 0 saturated heterocycles. The van der Waals surface area contributed by atoms with Crippen molar-refractivity contribution in [2.45, 2.75) is 18.4 Å². The van der Waals surface area contributed by atoms with Crippen molar-refractivity contribution in [1.82, 2.24) is 4.98 Å². The zero-order chi connectivity index (χ0) is 24.9. The molecule has 0 radical (unpaired) electrons. The average molecular weight is 497 g/mol. The van der Waals surface area contributed by atoms with Gasteiger partial charge in [0, 0.05) is 18.7 Å². The van der Waals surface area contributed by atoms with Crippen LogP contribution in [0.1, 0.15) is 34.8 Å². The Bertz CT molecular complexity index is 1420. The predicted octanol–water partition coefficient (Wildman–Crippen LogP) is 6.18. The Kier molecular flexibility index (Phi) is 7.26. The van der Waals surface area contributed by atoms with Gasteiger partial charge in [-0.3, -0.25) is 4.98 Å². The maximum atomic E-state index is 14.9. The Morgan fingerprint density at radius 2 is 1.91 bits per heavy atom. The van der Waals surface area contributed by atoms with E-state index >= 15 is 0 Å². The Hall–Kier alpha value is -3.98. The van der Waals surface area contributed by atoms with Gasteiger partial charge >= 0.3 is 11.9 Å². The molecule has 0 spiro atoms. The zero-order valence-corrected chi connectivity index (χ0v) is 20.0. The summed E-state index contributed by atoms with van der Waals surface area (Å²) >= 11 is 0. The molecular weight excluding hydrogens is 471 g/mol. The second kappa shape index (κ2) is 10.5. The first kappa shape index (κ1) is 24.2. The topological polar surface area (TPSA) is 90.7 Å². The van der Waals surface area contributed by atoms with Crippen LogP contribution in [0.2, 0.25) is 0 Å². The maximum Gasteiger partial charge on any atom is 0.376 e. The molecule has 7 nitrogen and oxygen atoms in total. The van der Waals surface area contributed by atoms with E-state index in [0.717, 1.165) is 10.5 Å². The summed E-state index contributed by atoms with van der Waals surface area (Å²) in [5.74, 6) is 1.74. The monoisotopic (exact) mass is 496 g/mol. The number of fused-ring (bicyclic) bond motifs is 1. The van der Waals surface area contributed by atoms with Crippen molar-refractivity contribution in [1.29, 1.82) is 0 Å². The minimum Gasteiger partial charge on any atom is -0.462 e. The highest BCUT2D eigenvalue weighted by Gasteiger charge is 2.27. The van der Waals surface area contributed by atoms with Gasteiger partial charge in [0.25, 0.3) is 0 Å². The molecule has 2 heterocycles. The summed E-state index contributed by atoms with van der Waals surface area (Å²) in [6.07, 6.45) is 4.59. The van der Waals surface area contributed by atoms with E-state index in [1.807, 2.05) is 36.6 Å². The average Bonchev–Trinajstić information content (AvgIpc) is 3.23. The lowest BCUT2D eigenvalue weighted by Gasteiger charge is -2.10. The number of hydrogen-bond donors (Lipinski definition) is 1. The van der Waals surface area contributed by atoms with E-state index < -0.39 is 17.8 Å². The summed E-state index contributed by atoms with van der Waals surface area (Å²) in [5.41, 5.74) is 1.15. The van der Waals surface area contributed by atoms with Crippen molar-refractivity contribution in [3.8, 4) is 0 Å². The molecule has 9 heteroatoms. The molecule has 0 bridgehead atoms. The number of aromatic nitrogens is 1. The highest BCUT2D eigenvalue weighted by Crippen LogP contribution is 2.37. The van der Waals surface area contributed by atoms with Crippen LogP contribution in [0.25, 0.3) is 11.0 Å². The Morgan fingerprint density at radius 1 is 1.14 bits per heavy atom. The van der Waals surface area contributed by atoms with Crippen LogP contribution < -0.4 is 5.32 Å². The quantitative estimate of drug-likeness (QED) is 0.230. The van der Waals surface area contributed by atoms with E-state index in [9.17, 15) is 14.0 Å². The number of nitrogens with one attached hydrogen (secondary N) is 1. The number of carbonyl (C=O) groups excluding carboxylic acids is 2. The Labute approximate surface area is 205 Å². The van der Waals surface area contributed by atoms with Crippen LogP contribution in [-0.2, 0) is 16.1 Å². The number of pyridine rings is 1. The van der Waals surface area contributed by atoms with Gasteiger partial charge in [-0.05, 0) is 36.9 Å². The van der Waals surface area contributed by atoms with Crippen LogP contribution in [0.15, 0.2) is 70.2 Å². The second-order valence-corrected chi connectivity index (χ2v) is 9.30. The molecule has 0 aliphatic heterocycles. The third-order valence-corrected chi connectivity index (χ3v) is 6.15. The van der Waals surface area contributed by atoms with Gasteiger partial charge < -0.3 is 19.2 Å². The van der Waals surface area contributed by atoms with E-state index in [1.54, 1.807) is 19.1 Å². The van der Waals surface area contributed by atoms with Gasteiger partial charge in [0.1, 0.15) is 23.7 Å². The first-order valence-electron chi connectivity index (χ1n) is 10.7. The molecule has 1 N–H and O–H groups in total. The summed E-state index contributed by atoms with van der Waals surface area (Å²) in [7, 11) is -0.373. The molecule has 0 fully saturated rings. The fraction of sp³-hybridized carbons (Fsp3) is 0.154. The number of hydrogen-bond acceptors (Lipinski definition) is 7. The molecule has 4 rings (SSSR count). The highest BCUT2D eigenvalue weighted by molar-refractivity contribution is 8.13. The van der Waals surface area contributed by atoms with Gasteiger partial charge in [-0.25, -0.2) is 14.0 Å². The first-order valence-corrected chi connectivity index (χ1v) is 12.5. The van der Waals surface area contributed by atoms with Gasteiger partial charge in [0.2, 0.25) is 5.76 Å². The van der Waals surface area contributed by atoms with Crippen molar-refractivity contribution >= 4 is 50.6 Å². The Morgan fingerprint density at radius 3 is 2.60 bits per heavy atom.